The Morgan fingerprint density at radius 3 is 2.56 bits per heavy atom. The van der Waals surface area contributed by atoms with E-state index in [-0.39, 0.29) is 17.5 Å². The molecule has 0 aliphatic carbocycles. The second kappa shape index (κ2) is 9.81. The standard InChI is InChI=1S/C26H23IN4O3/c1-15-12-18(19(13-28)17-6-4-3-5-7-17)10-11-31(15)26(34)25(33)20-14-29-24-22(30-16(2)32)9-8-21(27)23(20)24/h3-9,14-15,29H,10-12H2,1-2H3,(H,30,32)/b19-18-. The van der Waals surface area contributed by atoms with Gasteiger partial charge in [0, 0.05) is 34.7 Å². The number of hydrogen-bond acceptors (Lipinski definition) is 4. The highest BCUT2D eigenvalue weighted by molar-refractivity contribution is 14.1. The number of aromatic amines is 1. The summed E-state index contributed by atoms with van der Waals surface area (Å²) in [6.45, 7) is 3.69. The lowest BCUT2D eigenvalue weighted by molar-refractivity contribution is -0.128. The lowest BCUT2D eigenvalue weighted by Gasteiger charge is -2.34. The van der Waals surface area contributed by atoms with E-state index < -0.39 is 11.7 Å². The molecule has 2 N–H and O–H groups in total. The first-order chi connectivity index (χ1) is 16.3. The van der Waals surface area contributed by atoms with E-state index in [0.717, 1.165) is 14.7 Å². The number of benzene rings is 2. The Balaban J connectivity index is 1.59. The van der Waals surface area contributed by atoms with Crippen LogP contribution in [0.2, 0.25) is 0 Å². The van der Waals surface area contributed by atoms with Crippen molar-refractivity contribution in [3.63, 3.8) is 0 Å². The summed E-state index contributed by atoms with van der Waals surface area (Å²) < 4.78 is 0.803. The number of H-pyrrole nitrogens is 1. The maximum atomic E-state index is 13.3. The zero-order valence-corrected chi connectivity index (χ0v) is 21.0. The highest BCUT2D eigenvalue weighted by Crippen LogP contribution is 2.33. The lowest BCUT2D eigenvalue weighted by atomic mass is 9.90. The molecule has 2 amide bonds. The smallest absolute Gasteiger partial charge is 0.295 e. The van der Waals surface area contributed by atoms with Crippen LogP contribution in [-0.2, 0) is 9.59 Å². The van der Waals surface area contributed by atoms with E-state index in [1.54, 1.807) is 17.0 Å². The normalized spacial score (nSPS) is 17.2. The first-order valence-electron chi connectivity index (χ1n) is 10.9. The summed E-state index contributed by atoms with van der Waals surface area (Å²) in [5, 5.41) is 13.1. The largest absolute Gasteiger partial charge is 0.359 e. The zero-order valence-electron chi connectivity index (χ0n) is 18.8. The molecule has 34 heavy (non-hydrogen) atoms. The van der Waals surface area contributed by atoms with Crippen LogP contribution in [0.5, 0.6) is 0 Å². The average Bonchev–Trinajstić information content (AvgIpc) is 3.27. The van der Waals surface area contributed by atoms with Gasteiger partial charge in [0.25, 0.3) is 11.7 Å². The van der Waals surface area contributed by atoms with Crippen LogP contribution < -0.4 is 5.32 Å². The summed E-state index contributed by atoms with van der Waals surface area (Å²) in [5.41, 5.74) is 3.96. The molecular formula is C26H23IN4O3. The number of amides is 2. The van der Waals surface area contributed by atoms with Crippen LogP contribution in [0, 0.1) is 14.9 Å². The maximum absolute atomic E-state index is 13.3. The van der Waals surface area contributed by atoms with Crippen molar-refractivity contribution in [3.8, 4) is 6.07 Å². The predicted molar refractivity (Wildman–Crippen MR) is 139 cm³/mol. The van der Waals surface area contributed by atoms with E-state index in [1.165, 1.54) is 13.1 Å². The second-order valence-electron chi connectivity index (χ2n) is 8.32. The van der Waals surface area contributed by atoms with Crippen molar-refractivity contribution in [2.45, 2.75) is 32.7 Å². The number of fused-ring (bicyclic) bond motifs is 1. The van der Waals surface area contributed by atoms with Crippen molar-refractivity contribution in [1.82, 2.24) is 9.88 Å². The summed E-state index contributed by atoms with van der Waals surface area (Å²) in [7, 11) is 0. The van der Waals surface area contributed by atoms with Gasteiger partial charge in [0.1, 0.15) is 0 Å². The number of rotatable bonds is 4. The molecule has 2 aromatic carbocycles. The minimum absolute atomic E-state index is 0.216. The second-order valence-corrected chi connectivity index (χ2v) is 9.48. The maximum Gasteiger partial charge on any atom is 0.295 e. The van der Waals surface area contributed by atoms with E-state index in [1.807, 2.05) is 37.3 Å². The Morgan fingerprint density at radius 1 is 1.18 bits per heavy atom. The van der Waals surface area contributed by atoms with Crippen molar-refractivity contribution >= 4 is 62.4 Å². The fourth-order valence-corrected chi connectivity index (χ4v) is 5.19. The van der Waals surface area contributed by atoms with E-state index >= 15 is 0 Å². The molecule has 3 aromatic rings. The van der Waals surface area contributed by atoms with Gasteiger partial charge in [-0.15, -0.1) is 0 Å². The van der Waals surface area contributed by atoms with Crippen LogP contribution in [0.3, 0.4) is 0 Å². The number of aromatic nitrogens is 1. The molecule has 1 aromatic heterocycles. The Bertz CT molecular complexity index is 1370. The van der Waals surface area contributed by atoms with E-state index in [4.69, 9.17) is 0 Å². The Morgan fingerprint density at radius 2 is 1.91 bits per heavy atom. The first-order valence-corrected chi connectivity index (χ1v) is 12.0. The van der Waals surface area contributed by atoms with E-state index in [0.29, 0.717) is 41.5 Å². The first kappa shape index (κ1) is 23.7. The van der Waals surface area contributed by atoms with Crippen molar-refractivity contribution in [1.29, 1.82) is 5.26 Å². The van der Waals surface area contributed by atoms with Crippen molar-refractivity contribution in [2.24, 2.45) is 0 Å². The number of allylic oxidation sites excluding steroid dienone is 1. The molecule has 0 saturated carbocycles. The van der Waals surface area contributed by atoms with Gasteiger partial charge < -0.3 is 15.2 Å². The van der Waals surface area contributed by atoms with Gasteiger partial charge in [-0.25, -0.2) is 0 Å². The molecule has 4 rings (SSSR count). The molecule has 1 saturated heterocycles. The summed E-state index contributed by atoms with van der Waals surface area (Å²) in [6, 6.07) is 15.2. The zero-order chi connectivity index (χ0) is 24.4. The summed E-state index contributed by atoms with van der Waals surface area (Å²) in [5.74, 6) is -1.38. The highest BCUT2D eigenvalue weighted by Gasteiger charge is 2.33. The number of nitrogens with one attached hydrogen (secondary N) is 2. The monoisotopic (exact) mass is 566 g/mol. The topological polar surface area (TPSA) is 106 Å². The van der Waals surface area contributed by atoms with Gasteiger partial charge in [-0.2, -0.15) is 5.26 Å². The van der Waals surface area contributed by atoms with Gasteiger partial charge in [0.2, 0.25) is 5.91 Å². The van der Waals surface area contributed by atoms with Crippen molar-refractivity contribution in [2.75, 3.05) is 11.9 Å². The molecule has 1 aliphatic heterocycles. The lowest BCUT2D eigenvalue weighted by Crippen LogP contribution is -2.46. The number of anilines is 1. The third-order valence-corrected chi connectivity index (χ3v) is 6.95. The van der Waals surface area contributed by atoms with E-state index in [2.05, 4.69) is 39.0 Å². The number of likely N-dealkylation sites (tertiary alicyclic amines) is 1. The number of piperidine rings is 1. The molecular weight excluding hydrogens is 543 g/mol. The molecule has 0 radical (unpaired) electrons. The number of Topliss-reactive ketones (excluding diaryl/α,β-unsaturated/α-hetero) is 1. The van der Waals surface area contributed by atoms with Crippen molar-refractivity contribution in [3.05, 3.63) is 68.9 Å². The Labute approximate surface area is 211 Å². The Hall–Kier alpha value is -3.45. The van der Waals surface area contributed by atoms with Crippen LogP contribution in [0.15, 0.2) is 54.2 Å². The van der Waals surface area contributed by atoms with Gasteiger partial charge in [-0.3, -0.25) is 14.4 Å². The minimum atomic E-state index is -0.591. The van der Waals surface area contributed by atoms with Gasteiger partial charge in [-0.1, -0.05) is 30.3 Å². The summed E-state index contributed by atoms with van der Waals surface area (Å²) in [4.78, 5) is 42.7. The molecule has 172 valence electrons. The van der Waals surface area contributed by atoms with Crippen LogP contribution in [0.1, 0.15) is 42.6 Å². The molecule has 1 fully saturated rings. The SMILES string of the molecule is CC(=O)Nc1ccc(I)c2c(C(=O)C(=O)N3CC/C(=C(\C#N)c4ccccc4)CC3C)c[nH]c12. The molecule has 1 unspecified atom stereocenters. The number of halogens is 1. The number of nitrogens with zero attached hydrogens (tertiary/aromatic N) is 2. The van der Waals surface area contributed by atoms with Crippen LogP contribution >= 0.6 is 22.6 Å². The summed E-state index contributed by atoms with van der Waals surface area (Å²) in [6.07, 6.45) is 2.61. The molecule has 1 aliphatic rings. The number of nitriles is 1. The van der Waals surface area contributed by atoms with Crippen molar-refractivity contribution < 1.29 is 14.4 Å². The summed E-state index contributed by atoms with van der Waals surface area (Å²) >= 11 is 2.12. The fraction of sp³-hybridized carbons (Fsp3) is 0.231. The van der Waals surface area contributed by atoms with Gasteiger partial charge in [0.05, 0.1) is 28.4 Å². The molecule has 2 heterocycles. The molecule has 0 bridgehead atoms. The minimum Gasteiger partial charge on any atom is -0.359 e. The quantitative estimate of drug-likeness (QED) is 0.203. The van der Waals surface area contributed by atoms with Crippen LogP contribution in [0.25, 0.3) is 16.5 Å². The van der Waals surface area contributed by atoms with Crippen LogP contribution in [0.4, 0.5) is 5.69 Å². The molecule has 1 atom stereocenters. The molecule has 7 nitrogen and oxygen atoms in total. The number of hydrogen-bond donors (Lipinski definition) is 2. The third-order valence-electron chi connectivity index (χ3n) is 6.05. The fourth-order valence-electron chi connectivity index (χ4n) is 4.45. The third kappa shape index (κ3) is 4.48. The molecule has 0 spiro atoms. The van der Waals surface area contributed by atoms with Crippen LogP contribution in [-0.4, -0.2) is 40.1 Å². The van der Waals surface area contributed by atoms with Gasteiger partial charge >= 0.3 is 0 Å². The van der Waals surface area contributed by atoms with E-state index in [9.17, 15) is 19.6 Å². The number of carbonyl (C=O) groups is 3. The highest BCUT2D eigenvalue weighted by atomic mass is 127. The van der Waals surface area contributed by atoms with Gasteiger partial charge in [-0.05, 0) is 65.6 Å². The Kier molecular flexibility index (Phi) is 6.84. The van der Waals surface area contributed by atoms with Gasteiger partial charge in [0.15, 0.2) is 0 Å². The predicted octanol–water partition coefficient (Wildman–Crippen LogP) is 4.90. The molecule has 8 heteroatoms. The average molecular weight is 566 g/mol. The number of ketones is 1. The number of carbonyl (C=O) groups excluding carboxylic acids is 3.